The van der Waals surface area contributed by atoms with Gasteiger partial charge in [-0.05, 0) is 6.42 Å². The Bertz CT molecular complexity index is 363. The van der Waals surface area contributed by atoms with E-state index in [1.807, 2.05) is 13.1 Å². The number of nitrogens with one attached hydrogen (secondary N) is 2. The summed E-state index contributed by atoms with van der Waals surface area (Å²) in [6.45, 7) is 2.19. The molecule has 19 heavy (non-hydrogen) atoms. The average molecular weight is 270 g/mol. The third-order valence-corrected chi connectivity index (χ3v) is 2.31. The average Bonchev–Trinajstić information content (AvgIpc) is 2.43. The lowest BCUT2D eigenvalue weighted by molar-refractivity contribution is 0.0922. The van der Waals surface area contributed by atoms with Crippen molar-refractivity contribution in [2.24, 2.45) is 0 Å². The van der Waals surface area contributed by atoms with Gasteiger partial charge in [0.05, 0.1) is 13.2 Å². The quantitative estimate of drug-likeness (QED) is 0.533. The first-order valence-corrected chi connectivity index (χ1v) is 6.27. The second-order valence-corrected chi connectivity index (χ2v) is 3.85. The van der Waals surface area contributed by atoms with Crippen LogP contribution >= 0.6 is 0 Å². The van der Waals surface area contributed by atoms with Crippen LogP contribution in [0.4, 0.5) is 11.6 Å². The molecule has 0 unspecified atom stereocenters. The number of aliphatic hydroxyl groups excluding tert-OH is 1. The van der Waals surface area contributed by atoms with E-state index in [2.05, 4.69) is 20.6 Å². The SMILES string of the molecule is CNc1cc(NCCCOCCO)nc(COC)n1. The van der Waals surface area contributed by atoms with E-state index in [4.69, 9.17) is 14.6 Å². The van der Waals surface area contributed by atoms with Crippen molar-refractivity contribution >= 4 is 11.6 Å². The third-order valence-electron chi connectivity index (χ3n) is 2.31. The van der Waals surface area contributed by atoms with Crippen molar-refractivity contribution < 1.29 is 14.6 Å². The lowest BCUT2D eigenvalue weighted by atomic mass is 10.4. The van der Waals surface area contributed by atoms with Gasteiger partial charge in [-0.15, -0.1) is 0 Å². The van der Waals surface area contributed by atoms with Gasteiger partial charge in [-0.2, -0.15) is 0 Å². The fraction of sp³-hybridized carbons (Fsp3) is 0.667. The largest absolute Gasteiger partial charge is 0.394 e. The maximum Gasteiger partial charge on any atom is 0.158 e. The van der Waals surface area contributed by atoms with Gasteiger partial charge in [-0.1, -0.05) is 0 Å². The van der Waals surface area contributed by atoms with Gasteiger partial charge in [0.2, 0.25) is 0 Å². The predicted octanol–water partition coefficient (Wildman–Crippen LogP) is 0.476. The number of nitrogens with zero attached hydrogens (tertiary/aromatic N) is 2. The molecule has 0 saturated heterocycles. The minimum Gasteiger partial charge on any atom is -0.394 e. The zero-order valence-corrected chi connectivity index (χ0v) is 11.5. The first-order valence-electron chi connectivity index (χ1n) is 6.27. The van der Waals surface area contributed by atoms with Crippen molar-refractivity contribution in [3.63, 3.8) is 0 Å². The monoisotopic (exact) mass is 270 g/mol. The van der Waals surface area contributed by atoms with Gasteiger partial charge >= 0.3 is 0 Å². The van der Waals surface area contributed by atoms with Crippen molar-refractivity contribution in [2.75, 3.05) is 51.2 Å². The molecular weight excluding hydrogens is 248 g/mol. The molecule has 0 aliphatic heterocycles. The fourth-order valence-corrected chi connectivity index (χ4v) is 1.47. The minimum absolute atomic E-state index is 0.0608. The zero-order valence-electron chi connectivity index (χ0n) is 11.5. The number of ether oxygens (including phenoxy) is 2. The summed E-state index contributed by atoms with van der Waals surface area (Å²) in [6.07, 6.45) is 0.846. The van der Waals surface area contributed by atoms with Crippen LogP contribution < -0.4 is 10.6 Å². The highest BCUT2D eigenvalue weighted by atomic mass is 16.5. The van der Waals surface area contributed by atoms with Gasteiger partial charge in [-0.3, -0.25) is 0 Å². The normalized spacial score (nSPS) is 10.5. The number of hydrogen-bond donors (Lipinski definition) is 3. The highest BCUT2D eigenvalue weighted by Gasteiger charge is 2.03. The molecule has 0 radical (unpaired) electrons. The summed E-state index contributed by atoms with van der Waals surface area (Å²) >= 11 is 0. The molecular formula is C12H22N4O3. The van der Waals surface area contributed by atoms with E-state index in [1.54, 1.807) is 7.11 Å². The number of methoxy groups -OCH3 is 1. The number of rotatable bonds is 10. The highest BCUT2D eigenvalue weighted by Crippen LogP contribution is 2.11. The Morgan fingerprint density at radius 2 is 2.05 bits per heavy atom. The Balaban J connectivity index is 2.41. The lowest BCUT2D eigenvalue weighted by Gasteiger charge is -2.09. The van der Waals surface area contributed by atoms with Crippen molar-refractivity contribution in [1.82, 2.24) is 9.97 Å². The Morgan fingerprint density at radius 1 is 1.26 bits per heavy atom. The molecule has 0 aliphatic rings. The van der Waals surface area contributed by atoms with Crippen LogP contribution in [-0.2, 0) is 16.1 Å². The molecule has 1 rings (SSSR count). The van der Waals surface area contributed by atoms with E-state index in [0.29, 0.717) is 25.6 Å². The third kappa shape index (κ3) is 6.32. The second kappa shape index (κ2) is 9.48. The van der Waals surface area contributed by atoms with E-state index >= 15 is 0 Å². The molecule has 1 aromatic rings. The molecule has 1 heterocycles. The molecule has 0 atom stereocenters. The summed E-state index contributed by atoms with van der Waals surface area (Å²) in [5.74, 6) is 2.14. The number of aliphatic hydroxyl groups is 1. The van der Waals surface area contributed by atoms with Crippen LogP contribution in [-0.4, -0.2) is 55.6 Å². The number of aromatic nitrogens is 2. The van der Waals surface area contributed by atoms with Crippen LogP contribution in [0.15, 0.2) is 6.07 Å². The molecule has 0 amide bonds. The Morgan fingerprint density at radius 3 is 2.74 bits per heavy atom. The van der Waals surface area contributed by atoms with Crippen LogP contribution in [0, 0.1) is 0 Å². The summed E-state index contributed by atoms with van der Waals surface area (Å²) in [4.78, 5) is 8.61. The van der Waals surface area contributed by atoms with E-state index in [-0.39, 0.29) is 6.61 Å². The molecule has 0 spiro atoms. The van der Waals surface area contributed by atoms with E-state index in [9.17, 15) is 0 Å². The summed E-state index contributed by atoms with van der Waals surface area (Å²) in [5, 5.41) is 14.8. The van der Waals surface area contributed by atoms with Crippen LogP contribution in [0.1, 0.15) is 12.2 Å². The fourth-order valence-electron chi connectivity index (χ4n) is 1.47. The summed E-state index contributed by atoms with van der Waals surface area (Å²) in [6, 6.07) is 1.84. The van der Waals surface area contributed by atoms with Crippen LogP contribution in [0.25, 0.3) is 0 Å². The first kappa shape index (κ1) is 15.6. The molecule has 3 N–H and O–H groups in total. The van der Waals surface area contributed by atoms with Gasteiger partial charge in [0.25, 0.3) is 0 Å². The number of anilines is 2. The molecule has 7 heteroatoms. The summed E-state index contributed by atoms with van der Waals surface area (Å²) in [7, 11) is 3.42. The van der Waals surface area contributed by atoms with E-state index < -0.39 is 0 Å². The number of hydrogen-bond acceptors (Lipinski definition) is 7. The lowest BCUT2D eigenvalue weighted by Crippen LogP contribution is -2.10. The molecule has 0 aromatic carbocycles. The van der Waals surface area contributed by atoms with Gasteiger partial charge in [0, 0.05) is 33.4 Å². The molecule has 0 fully saturated rings. The van der Waals surface area contributed by atoms with Gasteiger partial charge < -0.3 is 25.2 Å². The van der Waals surface area contributed by atoms with Crippen molar-refractivity contribution in [3.8, 4) is 0 Å². The maximum atomic E-state index is 8.56. The Kier molecular flexibility index (Phi) is 7.80. The predicted molar refractivity (Wildman–Crippen MR) is 73.3 cm³/mol. The molecule has 1 aromatic heterocycles. The molecule has 0 aliphatic carbocycles. The van der Waals surface area contributed by atoms with Crippen LogP contribution in [0.5, 0.6) is 0 Å². The van der Waals surface area contributed by atoms with Crippen molar-refractivity contribution in [1.29, 1.82) is 0 Å². The van der Waals surface area contributed by atoms with Gasteiger partial charge in [0.15, 0.2) is 5.82 Å². The maximum absolute atomic E-state index is 8.56. The topological polar surface area (TPSA) is 88.5 Å². The van der Waals surface area contributed by atoms with Crippen molar-refractivity contribution in [2.45, 2.75) is 13.0 Å². The van der Waals surface area contributed by atoms with E-state index in [0.717, 1.165) is 24.6 Å². The van der Waals surface area contributed by atoms with Gasteiger partial charge in [-0.25, -0.2) is 9.97 Å². The molecule has 0 bridgehead atoms. The van der Waals surface area contributed by atoms with E-state index in [1.165, 1.54) is 0 Å². The summed E-state index contributed by atoms with van der Waals surface area (Å²) < 4.78 is 10.2. The molecule has 0 saturated carbocycles. The summed E-state index contributed by atoms with van der Waals surface area (Å²) in [5.41, 5.74) is 0. The standard InChI is InChI=1S/C12H22N4O3/c1-13-10-8-11(16-12(15-10)9-18-2)14-4-3-6-19-7-5-17/h8,17H,3-7,9H2,1-2H3,(H2,13,14,15,16). The van der Waals surface area contributed by atoms with Crippen molar-refractivity contribution in [3.05, 3.63) is 11.9 Å². The second-order valence-electron chi connectivity index (χ2n) is 3.85. The highest BCUT2D eigenvalue weighted by molar-refractivity contribution is 5.47. The van der Waals surface area contributed by atoms with Gasteiger partial charge in [0.1, 0.15) is 18.2 Å². The Labute approximate surface area is 113 Å². The first-order chi connectivity index (χ1) is 9.30. The zero-order chi connectivity index (χ0) is 13.9. The minimum atomic E-state index is 0.0608. The van der Waals surface area contributed by atoms with Crippen LogP contribution in [0.3, 0.4) is 0 Å². The molecule has 7 nitrogen and oxygen atoms in total. The molecule has 108 valence electrons. The Hall–Kier alpha value is -1.44. The van der Waals surface area contributed by atoms with Crippen LogP contribution in [0.2, 0.25) is 0 Å². The smallest absolute Gasteiger partial charge is 0.158 e.